The number of anilines is 1. The van der Waals surface area contributed by atoms with E-state index in [2.05, 4.69) is 93.4 Å². The van der Waals surface area contributed by atoms with Gasteiger partial charge in [0.25, 0.3) is 0 Å². The molecule has 132 valence electrons. The maximum absolute atomic E-state index is 3.73. The second kappa shape index (κ2) is 9.02. The first-order valence-corrected chi connectivity index (χ1v) is 9.55. The van der Waals surface area contributed by atoms with Crippen molar-refractivity contribution in [2.24, 2.45) is 0 Å². The third-order valence-electron chi connectivity index (χ3n) is 4.31. The summed E-state index contributed by atoms with van der Waals surface area (Å²) in [6.45, 7) is 19.6. The smallest absolute Gasteiger partial charge is 0.327 e. The molecule has 1 aliphatic rings. The first kappa shape index (κ1) is 21.2. The molecule has 1 N–H and O–H groups in total. The van der Waals surface area contributed by atoms with Crippen molar-refractivity contribution >= 4 is 31.6 Å². The number of allylic oxidation sites excluding steroid dienone is 1. The molecule has 2 rings (SSSR count). The lowest BCUT2D eigenvalue weighted by Gasteiger charge is -2.38. The Morgan fingerprint density at radius 2 is 1.79 bits per heavy atom. The normalized spacial score (nSPS) is 18.5. The van der Waals surface area contributed by atoms with E-state index in [-0.39, 0.29) is 11.7 Å². The van der Waals surface area contributed by atoms with Gasteiger partial charge in [-0.05, 0) is 45.5 Å². The van der Waals surface area contributed by atoms with Gasteiger partial charge in [-0.25, -0.2) is 0 Å². The number of para-hydroxylation sites is 1. The van der Waals surface area contributed by atoms with Gasteiger partial charge in [-0.1, -0.05) is 63.7 Å². The average molecular weight is 345 g/mol. The van der Waals surface area contributed by atoms with E-state index in [4.69, 9.17) is 0 Å². The van der Waals surface area contributed by atoms with Crippen LogP contribution in [0, 0.1) is 0 Å². The fraction of sp³-hybridized carbons (Fsp3) is 0.556. The number of hydrogen-bond donors (Lipinski definition) is 1. The van der Waals surface area contributed by atoms with E-state index in [1.54, 1.807) is 6.08 Å². The largest absolute Gasteiger partial charge is 0.415 e. The number of nitrogens with one attached hydrogen (secondary N) is 1. The number of rotatable bonds is 1. The average Bonchev–Trinajstić information content (AvgIpc) is 2.49. The van der Waals surface area contributed by atoms with Gasteiger partial charge in [0.05, 0.1) is 4.75 Å². The van der Waals surface area contributed by atoms with E-state index >= 15 is 0 Å². The zero-order chi connectivity index (χ0) is 18.5. The molecule has 0 radical (unpaired) electrons. The molecule has 0 aliphatic carbocycles. The fourth-order valence-electron chi connectivity index (χ4n) is 3.31. The van der Waals surface area contributed by atoms with Gasteiger partial charge >= 0.3 is 14.0 Å². The Bertz CT molecular complexity index is 537. The van der Waals surface area contributed by atoms with Gasteiger partial charge in [0.2, 0.25) is 0 Å². The monoisotopic (exact) mass is 345 g/mol. The standard InChI is InChI=1S/C15H27B2N3S.C3H6/c1-12(2)20-16(5)18-14-11-9-8-10-13(14)15(3,4)21-19(7)17(20)6;1-3-2/h8-12,18H,1-7H3;3H,1H2,2H3. The predicted molar refractivity (Wildman–Crippen MR) is 115 cm³/mol. The Kier molecular flexibility index (Phi) is 7.97. The number of benzene rings is 1. The number of nitrogens with zero attached hydrogens (tertiary/aromatic N) is 2. The van der Waals surface area contributed by atoms with Crippen molar-refractivity contribution in [2.75, 3.05) is 12.3 Å². The molecular formula is C18H33B2N3S. The van der Waals surface area contributed by atoms with Gasteiger partial charge in [0.15, 0.2) is 0 Å². The molecule has 0 bridgehead atoms. The Morgan fingerprint density at radius 1 is 1.25 bits per heavy atom. The Hall–Kier alpha value is -0.840. The van der Waals surface area contributed by atoms with Gasteiger partial charge in [0, 0.05) is 5.69 Å². The van der Waals surface area contributed by atoms with Gasteiger partial charge in [-0.3, -0.25) is 4.22 Å². The number of hydrogen-bond acceptors (Lipinski definition) is 4. The Balaban J connectivity index is 0.000000891. The van der Waals surface area contributed by atoms with Gasteiger partial charge < -0.3 is 9.95 Å². The summed E-state index contributed by atoms with van der Waals surface area (Å²) >= 11 is 1.92. The van der Waals surface area contributed by atoms with Crippen molar-refractivity contribution < 1.29 is 0 Å². The number of fused-ring (bicyclic) bond motifs is 1. The van der Waals surface area contributed by atoms with Crippen molar-refractivity contribution in [3.63, 3.8) is 0 Å². The summed E-state index contributed by atoms with van der Waals surface area (Å²) in [7, 11) is 2.20. The molecule has 0 saturated heterocycles. The zero-order valence-electron chi connectivity index (χ0n) is 16.6. The van der Waals surface area contributed by atoms with Gasteiger partial charge in [0.1, 0.15) is 0 Å². The highest BCUT2D eigenvalue weighted by atomic mass is 32.2. The lowest BCUT2D eigenvalue weighted by Crippen LogP contribution is -2.58. The minimum Gasteiger partial charge on any atom is -0.415 e. The van der Waals surface area contributed by atoms with Crippen molar-refractivity contribution in [2.45, 2.75) is 59.1 Å². The molecule has 1 aliphatic heterocycles. The molecular weight excluding hydrogens is 312 g/mol. The summed E-state index contributed by atoms with van der Waals surface area (Å²) in [5.41, 5.74) is 2.61. The summed E-state index contributed by atoms with van der Waals surface area (Å²) in [4.78, 5) is 0. The highest BCUT2D eigenvalue weighted by molar-refractivity contribution is 7.98. The van der Waals surface area contributed by atoms with Crippen LogP contribution in [-0.4, -0.2) is 36.0 Å². The molecule has 0 spiro atoms. The minimum atomic E-state index is 0.0410. The summed E-state index contributed by atoms with van der Waals surface area (Å²) in [6.07, 6.45) is 1.75. The third-order valence-corrected chi connectivity index (χ3v) is 5.58. The third kappa shape index (κ3) is 5.08. The van der Waals surface area contributed by atoms with Crippen LogP contribution in [0.2, 0.25) is 13.6 Å². The van der Waals surface area contributed by atoms with E-state index in [1.165, 1.54) is 11.3 Å². The molecule has 3 nitrogen and oxygen atoms in total. The summed E-state index contributed by atoms with van der Waals surface area (Å²) < 4.78 is 4.95. The summed E-state index contributed by atoms with van der Waals surface area (Å²) in [5, 5.41) is 3.73. The molecule has 0 amide bonds. The SMILES string of the molecule is C=CC.CB1Nc2ccccc2C(C)(C)SN(C)B(C)N1C(C)C. The molecule has 1 aromatic carbocycles. The van der Waals surface area contributed by atoms with E-state index in [9.17, 15) is 0 Å². The van der Waals surface area contributed by atoms with Crippen LogP contribution in [-0.2, 0) is 4.75 Å². The predicted octanol–water partition coefficient (Wildman–Crippen LogP) is 5.07. The van der Waals surface area contributed by atoms with E-state index in [0.29, 0.717) is 13.0 Å². The minimum absolute atomic E-state index is 0.0410. The molecule has 0 fully saturated rings. The maximum Gasteiger partial charge on any atom is 0.327 e. The quantitative estimate of drug-likeness (QED) is 0.435. The van der Waals surface area contributed by atoms with Crippen molar-refractivity contribution in [1.29, 1.82) is 0 Å². The van der Waals surface area contributed by atoms with Gasteiger partial charge in [-0.2, -0.15) is 0 Å². The van der Waals surface area contributed by atoms with Gasteiger partial charge in [-0.15, -0.1) is 6.58 Å². The zero-order valence-corrected chi connectivity index (χ0v) is 17.4. The summed E-state index contributed by atoms with van der Waals surface area (Å²) in [5.74, 6) is 0. The fourth-order valence-corrected chi connectivity index (χ4v) is 4.57. The Labute approximate surface area is 154 Å². The topological polar surface area (TPSA) is 18.5 Å². The first-order chi connectivity index (χ1) is 11.2. The van der Waals surface area contributed by atoms with Crippen LogP contribution >= 0.6 is 11.9 Å². The maximum atomic E-state index is 3.73. The molecule has 0 unspecified atom stereocenters. The highest BCUT2D eigenvalue weighted by Gasteiger charge is 2.38. The van der Waals surface area contributed by atoms with Crippen molar-refractivity contribution in [3.8, 4) is 0 Å². The molecule has 0 aromatic heterocycles. The van der Waals surface area contributed by atoms with Crippen LogP contribution in [0.15, 0.2) is 36.9 Å². The van der Waals surface area contributed by atoms with Crippen LogP contribution in [0.4, 0.5) is 5.69 Å². The molecule has 0 atom stereocenters. The second-order valence-corrected chi connectivity index (χ2v) is 8.87. The molecule has 1 aromatic rings. The molecule has 1 heterocycles. The molecule has 0 saturated carbocycles. The lowest BCUT2D eigenvalue weighted by atomic mass is 9.61. The Morgan fingerprint density at radius 3 is 2.33 bits per heavy atom. The van der Waals surface area contributed by atoms with Crippen LogP contribution in [0.25, 0.3) is 0 Å². The van der Waals surface area contributed by atoms with Crippen LogP contribution in [0.3, 0.4) is 0 Å². The molecule has 24 heavy (non-hydrogen) atoms. The van der Waals surface area contributed by atoms with Crippen molar-refractivity contribution in [1.82, 2.24) is 8.94 Å². The highest BCUT2D eigenvalue weighted by Crippen LogP contribution is 2.42. The van der Waals surface area contributed by atoms with Crippen LogP contribution in [0.1, 0.15) is 40.2 Å². The lowest BCUT2D eigenvalue weighted by molar-refractivity contribution is 0.504. The first-order valence-electron chi connectivity index (χ1n) is 8.78. The van der Waals surface area contributed by atoms with E-state index in [1.807, 2.05) is 18.9 Å². The van der Waals surface area contributed by atoms with Crippen LogP contribution < -0.4 is 5.23 Å². The van der Waals surface area contributed by atoms with E-state index < -0.39 is 0 Å². The van der Waals surface area contributed by atoms with Crippen molar-refractivity contribution in [3.05, 3.63) is 42.5 Å². The van der Waals surface area contributed by atoms with Crippen LogP contribution in [0.5, 0.6) is 0 Å². The second-order valence-electron chi connectivity index (χ2n) is 7.09. The summed E-state index contributed by atoms with van der Waals surface area (Å²) in [6, 6.07) is 9.17. The van der Waals surface area contributed by atoms with E-state index in [0.717, 1.165) is 0 Å². The molecule has 6 heteroatoms.